The van der Waals surface area contributed by atoms with Gasteiger partial charge in [-0.25, -0.2) is 0 Å². The Morgan fingerprint density at radius 1 is 0.867 bits per heavy atom. The average Bonchev–Trinajstić information content (AvgIpc) is 2.65. The number of unbranched alkanes of at least 4 members (excludes halogenated alkanes) is 1. The normalized spacial score (nSPS) is 14.9. The van der Waals surface area contributed by atoms with Crippen LogP contribution >= 0.6 is 0 Å². The fourth-order valence-corrected chi connectivity index (χ4v) is 2.39. The van der Waals surface area contributed by atoms with E-state index < -0.39 is 60.2 Å². The third-order valence-corrected chi connectivity index (χ3v) is 4.37. The molecule has 0 aromatic heterocycles. The molecule has 30 heavy (non-hydrogen) atoms. The van der Waals surface area contributed by atoms with Crippen LogP contribution < -0.4 is 33.2 Å². The van der Waals surface area contributed by atoms with Gasteiger partial charge in [-0.3, -0.25) is 24.0 Å². The van der Waals surface area contributed by atoms with Crippen molar-refractivity contribution in [3.8, 4) is 0 Å². The Kier molecular flexibility index (Phi) is 12.3. The van der Waals surface area contributed by atoms with Gasteiger partial charge in [0.1, 0.15) is 18.1 Å². The number of aliphatic carboxylic acids is 1. The summed E-state index contributed by atoms with van der Waals surface area (Å²) in [4.78, 5) is 59.6. The second-order valence-electron chi connectivity index (χ2n) is 7.42. The molecule has 12 heteroatoms. The predicted molar refractivity (Wildman–Crippen MR) is 109 cm³/mol. The SMILES string of the molecule is CC(NC(=O)C(CCCCN)NC(=O)C(CC(N)=O)NC(=O)C(N)C(C)C)C(=O)O. The Morgan fingerprint density at radius 3 is 1.87 bits per heavy atom. The minimum absolute atomic E-state index is 0.184. The second-order valence-corrected chi connectivity index (χ2v) is 7.42. The van der Waals surface area contributed by atoms with Crippen LogP contribution in [0.3, 0.4) is 0 Å². The van der Waals surface area contributed by atoms with Gasteiger partial charge < -0.3 is 38.3 Å². The third-order valence-electron chi connectivity index (χ3n) is 4.37. The number of nitrogens with two attached hydrogens (primary N) is 3. The highest BCUT2D eigenvalue weighted by molar-refractivity contribution is 5.96. The molecular formula is C18H34N6O6. The molecule has 0 saturated heterocycles. The molecular weight excluding hydrogens is 396 g/mol. The second kappa shape index (κ2) is 13.5. The summed E-state index contributed by atoms with van der Waals surface area (Å²) >= 11 is 0. The van der Waals surface area contributed by atoms with E-state index >= 15 is 0 Å². The van der Waals surface area contributed by atoms with Gasteiger partial charge in [-0.05, 0) is 38.6 Å². The van der Waals surface area contributed by atoms with Crippen LogP contribution in [0.1, 0.15) is 46.5 Å². The number of rotatable bonds is 14. The summed E-state index contributed by atoms with van der Waals surface area (Å²) in [5.41, 5.74) is 16.4. The van der Waals surface area contributed by atoms with E-state index in [1.807, 2.05) is 0 Å². The highest BCUT2D eigenvalue weighted by Gasteiger charge is 2.30. The van der Waals surface area contributed by atoms with E-state index in [1.54, 1.807) is 13.8 Å². The third kappa shape index (κ3) is 10.2. The van der Waals surface area contributed by atoms with Gasteiger partial charge >= 0.3 is 5.97 Å². The van der Waals surface area contributed by atoms with E-state index in [0.717, 1.165) is 0 Å². The summed E-state index contributed by atoms with van der Waals surface area (Å²) in [5.74, 6) is -4.45. The summed E-state index contributed by atoms with van der Waals surface area (Å²) in [6.07, 6.45) is 0.759. The van der Waals surface area contributed by atoms with Crippen molar-refractivity contribution in [2.24, 2.45) is 23.1 Å². The van der Waals surface area contributed by atoms with E-state index in [0.29, 0.717) is 19.4 Å². The molecule has 0 radical (unpaired) electrons. The Morgan fingerprint density at radius 2 is 1.40 bits per heavy atom. The van der Waals surface area contributed by atoms with Gasteiger partial charge in [0.15, 0.2) is 0 Å². The monoisotopic (exact) mass is 430 g/mol. The van der Waals surface area contributed by atoms with Crippen molar-refractivity contribution >= 4 is 29.6 Å². The standard InChI is InChI=1S/C18H34N6O6/c1-9(2)14(21)17(28)24-12(8-13(20)25)16(27)23-11(6-4-5-7-19)15(26)22-10(3)18(29)30/h9-12,14H,4-8,19,21H2,1-3H3,(H2,20,25)(H,22,26)(H,23,27)(H,24,28)(H,29,30). The number of carboxylic acid groups (broad SMARTS) is 1. The fourth-order valence-electron chi connectivity index (χ4n) is 2.39. The number of primary amides is 1. The molecule has 0 aliphatic rings. The number of nitrogens with one attached hydrogen (secondary N) is 3. The minimum atomic E-state index is -1.33. The van der Waals surface area contributed by atoms with E-state index in [9.17, 15) is 24.0 Å². The molecule has 0 saturated carbocycles. The lowest BCUT2D eigenvalue weighted by Gasteiger charge is -2.25. The lowest BCUT2D eigenvalue weighted by atomic mass is 10.0. The first kappa shape index (κ1) is 27.3. The smallest absolute Gasteiger partial charge is 0.325 e. The van der Waals surface area contributed by atoms with Gasteiger partial charge in [0.25, 0.3) is 0 Å². The van der Waals surface area contributed by atoms with E-state index in [-0.39, 0.29) is 12.3 Å². The molecule has 0 spiro atoms. The lowest BCUT2D eigenvalue weighted by molar-refractivity contribution is -0.142. The molecule has 0 aromatic carbocycles. The number of hydrogen-bond donors (Lipinski definition) is 7. The highest BCUT2D eigenvalue weighted by Crippen LogP contribution is 2.05. The van der Waals surface area contributed by atoms with Crippen molar-refractivity contribution in [1.29, 1.82) is 0 Å². The fraction of sp³-hybridized carbons (Fsp3) is 0.722. The maximum atomic E-state index is 12.7. The van der Waals surface area contributed by atoms with Gasteiger partial charge in [0, 0.05) is 0 Å². The number of hydrogen-bond acceptors (Lipinski definition) is 7. The Hall–Kier alpha value is -2.73. The van der Waals surface area contributed by atoms with E-state index in [1.165, 1.54) is 6.92 Å². The van der Waals surface area contributed by atoms with Gasteiger partial charge in [0.05, 0.1) is 12.5 Å². The predicted octanol–water partition coefficient (Wildman–Crippen LogP) is -2.47. The number of carbonyl (C=O) groups excluding carboxylic acids is 4. The zero-order chi connectivity index (χ0) is 23.4. The highest BCUT2D eigenvalue weighted by atomic mass is 16.4. The molecule has 0 aliphatic carbocycles. The van der Waals surface area contributed by atoms with Crippen LogP contribution in [0.15, 0.2) is 0 Å². The first-order valence-electron chi connectivity index (χ1n) is 9.78. The molecule has 0 aliphatic heterocycles. The summed E-state index contributed by atoms with van der Waals surface area (Å²) < 4.78 is 0. The summed E-state index contributed by atoms with van der Waals surface area (Å²) in [5, 5.41) is 16.1. The molecule has 10 N–H and O–H groups in total. The van der Waals surface area contributed by atoms with E-state index in [2.05, 4.69) is 16.0 Å². The molecule has 4 atom stereocenters. The van der Waals surface area contributed by atoms with Gasteiger partial charge in [0.2, 0.25) is 23.6 Å². The largest absolute Gasteiger partial charge is 0.480 e. The topological polar surface area (TPSA) is 220 Å². The maximum absolute atomic E-state index is 12.7. The molecule has 0 bridgehead atoms. The average molecular weight is 431 g/mol. The minimum Gasteiger partial charge on any atom is -0.480 e. The number of carbonyl (C=O) groups is 5. The lowest BCUT2D eigenvalue weighted by Crippen LogP contribution is -2.58. The van der Waals surface area contributed by atoms with Crippen molar-refractivity contribution in [3.05, 3.63) is 0 Å². The quantitative estimate of drug-likeness (QED) is 0.146. The van der Waals surface area contributed by atoms with Crippen molar-refractivity contribution in [3.63, 3.8) is 0 Å². The zero-order valence-electron chi connectivity index (χ0n) is 17.6. The van der Waals surface area contributed by atoms with Crippen molar-refractivity contribution in [2.45, 2.75) is 70.6 Å². The van der Waals surface area contributed by atoms with Crippen LogP contribution in [0.2, 0.25) is 0 Å². The first-order chi connectivity index (χ1) is 13.9. The van der Waals surface area contributed by atoms with Crippen molar-refractivity contribution in [1.82, 2.24) is 16.0 Å². The Labute approximate surface area is 175 Å². The van der Waals surface area contributed by atoms with E-state index in [4.69, 9.17) is 22.3 Å². The van der Waals surface area contributed by atoms with Crippen LogP contribution in [0.5, 0.6) is 0 Å². The number of carboxylic acids is 1. The van der Waals surface area contributed by atoms with Crippen LogP contribution in [-0.4, -0.2) is 65.4 Å². The summed E-state index contributed by atoms with van der Waals surface area (Å²) in [6, 6.07) is -4.50. The summed E-state index contributed by atoms with van der Waals surface area (Å²) in [6.45, 7) is 5.09. The van der Waals surface area contributed by atoms with Gasteiger partial charge in [-0.15, -0.1) is 0 Å². The maximum Gasteiger partial charge on any atom is 0.325 e. The molecule has 0 aromatic rings. The van der Waals surface area contributed by atoms with Gasteiger partial charge in [-0.2, -0.15) is 0 Å². The molecule has 0 fully saturated rings. The molecule has 0 heterocycles. The van der Waals surface area contributed by atoms with Crippen LogP contribution in [0.4, 0.5) is 0 Å². The molecule has 4 amide bonds. The zero-order valence-corrected chi connectivity index (χ0v) is 17.6. The van der Waals surface area contributed by atoms with Crippen LogP contribution in [-0.2, 0) is 24.0 Å². The summed E-state index contributed by atoms with van der Waals surface area (Å²) in [7, 11) is 0. The van der Waals surface area contributed by atoms with Crippen LogP contribution in [0, 0.1) is 5.92 Å². The first-order valence-corrected chi connectivity index (χ1v) is 9.78. The van der Waals surface area contributed by atoms with Crippen molar-refractivity contribution < 1.29 is 29.1 Å². The number of amides is 4. The Bertz CT molecular complexity index is 626. The molecule has 0 rings (SSSR count). The molecule has 172 valence electrons. The van der Waals surface area contributed by atoms with Gasteiger partial charge in [-0.1, -0.05) is 13.8 Å². The Balaban J connectivity index is 5.36. The molecule has 4 unspecified atom stereocenters. The molecule has 12 nitrogen and oxygen atoms in total. The van der Waals surface area contributed by atoms with Crippen LogP contribution in [0.25, 0.3) is 0 Å². The van der Waals surface area contributed by atoms with Crippen molar-refractivity contribution in [2.75, 3.05) is 6.54 Å².